The van der Waals surface area contributed by atoms with Gasteiger partial charge in [-0.2, -0.15) is 0 Å². The second-order valence-corrected chi connectivity index (χ2v) is 2.98. The van der Waals surface area contributed by atoms with Crippen molar-refractivity contribution in [1.82, 2.24) is 4.90 Å². The molecule has 1 unspecified atom stereocenters. The van der Waals surface area contributed by atoms with E-state index in [-0.39, 0.29) is 6.10 Å². The minimum Gasteiger partial charge on any atom is -0.392 e. The number of morpholine rings is 1. The lowest BCUT2D eigenvalue weighted by Crippen LogP contribution is -2.40. The maximum atomic E-state index is 9.33. The van der Waals surface area contributed by atoms with Crippen molar-refractivity contribution in [2.75, 3.05) is 32.8 Å². The van der Waals surface area contributed by atoms with Crippen LogP contribution < -0.4 is 0 Å². The van der Waals surface area contributed by atoms with E-state index in [1.54, 1.807) is 0 Å². The Morgan fingerprint density at radius 3 is 2.64 bits per heavy atom. The summed E-state index contributed by atoms with van der Waals surface area (Å²) in [7, 11) is 0. The molecule has 66 valence electrons. The lowest BCUT2D eigenvalue weighted by Gasteiger charge is -2.28. The zero-order valence-electron chi connectivity index (χ0n) is 7.12. The van der Waals surface area contributed by atoms with Crippen LogP contribution in [-0.4, -0.2) is 49.0 Å². The third-order valence-electron chi connectivity index (χ3n) is 2.04. The lowest BCUT2D eigenvalue weighted by molar-refractivity contribution is 0.0141. The van der Waals surface area contributed by atoms with E-state index in [2.05, 4.69) is 4.90 Å². The van der Waals surface area contributed by atoms with Gasteiger partial charge in [0.25, 0.3) is 0 Å². The smallest absolute Gasteiger partial charge is 0.0664 e. The number of nitrogens with zero attached hydrogens (tertiary/aromatic N) is 1. The van der Waals surface area contributed by atoms with Gasteiger partial charge in [0.1, 0.15) is 0 Å². The molecule has 1 rings (SSSR count). The second-order valence-electron chi connectivity index (χ2n) is 2.98. The van der Waals surface area contributed by atoms with E-state index in [4.69, 9.17) is 4.74 Å². The summed E-state index contributed by atoms with van der Waals surface area (Å²) in [6, 6.07) is 0. The Morgan fingerprint density at radius 1 is 1.45 bits per heavy atom. The van der Waals surface area contributed by atoms with E-state index in [1.165, 1.54) is 0 Å². The van der Waals surface area contributed by atoms with Crippen molar-refractivity contribution < 1.29 is 9.84 Å². The Balaban J connectivity index is 2.13. The van der Waals surface area contributed by atoms with Crippen LogP contribution in [0.5, 0.6) is 0 Å². The monoisotopic (exact) mass is 159 g/mol. The van der Waals surface area contributed by atoms with Gasteiger partial charge in [0.15, 0.2) is 0 Å². The highest BCUT2D eigenvalue weighted by Crippen LogP contribution is 2.00. The van der Waals surface area contributed by atoms with E-state index in [9.17, 15) is 5.11 Å². The first-order chi connectivity index (χ1) is 5.33. The largest absolute Gasteiger partial charge is 0.392 e. The van der Waals surface area contributed by atoms with Gasteiger partial charge in [0.2, 0.25) is 0 Å². The molecule has 0 aromatic rings. The fourth-order valence-corrected chi connectivity index (χ4v) is 1.21. The molecule has 0 amide bonds. The van der Waals surface area contributed by atoms with Crippen molar-refractivity contribution >= 4 is 0 Å². The molecule has 1 atom stereocenters. The van der Waals surface area contributed by atoms with Crippen LogP contribution in [0.25, 0.3) is 0 Å². The first-order valence-electron chi connectivity index (χ1n) is 4.31. The highest BCUT2D eigenvalue weighted by Gasteiger charge is 2.12. The molecule has 3 heteroatoms. The molecule has 1 fully saturated rings. The molecule has 0 radical (unpaired) electrons. The van der Waals surface area contributed by atoms with Gasteiger partial charge in [-0.05, 0) is 6.42 Å². The number of hydrogen-bond donors (Lipinski definition) is 1. The fourth-order valence-electron chi connectivity index (χ4n) is 1.21. The Morgan fingerprint density at radius 2 is 2.09 bits per heavy atom. The Hall–Kier alpha value is -0.120. The minimum atomic E-state index is -0.159. The van der Waals surface area contributed by atoms with Gasteiger partial charge in [0, 0.05) is 19.6 Å². The molecule has 1 saturated heterocycles. The van der Waals surface area contributed by atoms with Gasteiger partial charge in [-0.25, -0.2) is 0 Å². The molecular formula is C8H17NO2. The summed E-state index contributed by atoms with van der Waals surface area (Å²) in [4.78, 5) is 2.25. The van der Waals surface area contributed by atoms with E-state index in [0.717, 1.165) is 39.3 Å². The lowest BCUT2D eigenvalue weighted by atomic mass is 10.2. The second kappa shape index (κ2) is 4.70. The Bertz CT molecular complexity index is 102. The maximum absolute atomic E-state index is 9.33. The van der Waals surface area contributed by atoms with Crippen LogP contribution in [0.1, 0.15) is 13.3 Å². The molecule has 0 aliphatic carbocycles. The van der Waals surface area contributed by atoms with Gasteiger partial charge < -0.3 is 9.84 Å². The van der Waals surface area contributed by atoms with Crippen LogP contribution in [0.2, 0.25) is 0 Å². The molecule has 1 aliphatic heterocycles. The van der Waals surface area contributed by atoms with E-state index in [1.807, 2.05) is 6.92 Å². The summed E-state index contributed by atoms with van der Waals surface area (Å²) in [5.41, 5.74) is 0. The molecule has 1 N–H and O–H groups in total. The molecule has 1 aliphatic rings. The zero-order valence-corrected chi connectivity index (χ0v) is 7.12. The molecule has 0 bridgehead atoms. The molecule has 11 heavy (non-hydrogen) atoms. The van der Waals surface area contributed by atoms with Crippen molar-refractivity contribution in [1.29, 1.82) is 0 Å². The standard InChI is InChI=1S/C8H17NO2/c1-2-8(10)7-9-3-5-11-6-4-9/h8,10H,2-7H2,1H3. The van der Waals surface area contributed by atoms with Crippen molar-refractivity contribution in [2.45, 2.75) is 19.4 Å². The minimum absolute atomic E-state index is 0.159. The Kier molecular flexibility index (Phi) is 3.83. The first kappa shape index (κ1) is 8.97. The van der Waals surface area contributed by atoms with Crippen molar-refractivity contribution in [3.63, 3.8) is 0 Å². The summed E-state index contributed by atoms with van der Waals surface area (Å²) >= 11 is 0. The summed E-state index contributed by atoms with van der Waals surface area (Å²) in [6.07, 6.45) is 0.685. The van der Waals surface area contributed by atoms with Crippen molar-refractivity contribution in [3.8, 4) is 0 Å². The van der Waals surface area contributed by atoms with Gasteiger partial charge in [-0.15, -0.1) is 0 Å². The first-order valence-corrected chi connectivity index (χ1v) is 4.31. The summed E-state index contributed by atoms with van der Waals surface area (Å²) in [6.45, 7) is 6.38. The van der Waals surface area contributed by atoms with Crippen molar-refractivity contribution in [2.24, 2.45) is 0 Å². The molecule has 1 heterocycles. The van der Waals surface area contributed by atoms with Crippen molar-refractivity contribution in [3.05, 3.63) is 0 Å². The van der Waals surface area contributed by atoms with Crippen LogP contribution >= 0.6 is 0 Å². The number of aliphatic hydroxyl groups is 1. The fraction of sp³-hybridized carbons (Fsp3) is 1.00. The average molecular weight is 159 g/mol. The highest BCUT2D eigenvalue weighted by atomic mass is 16.5. The van der Waals surface area contributed by atoms with Gasteiger partial charge in [0.05, 0.1) is 19.3 Å². The third kappa shape index (κ3) is 3.18. The summed E-state index contributed by atoms with van der Waals surface area (Å²) < 4.78 is 5.19. The highest BCUT2D eigenvalue weighted by molar-refractivity contribution is 4.65. The number of ether oxygens (including phenoxy) is 1. The molecule has 0 spiro atoms. The van der Waals surface area contributed by atoms with Gasteiger partial charge >= 0.3 is 0 Å². The molecular weight excluding hydrogens is 142 g/mol. The maximum Gasteiger partial charge on any atom is 0.0664 e. The van der Waals surface area contributed by atoms with Crippen LogP contribution in [-0.2, 0) is 4.74 Å². The van der Waals surface area contributed by atoms with Crippen LogP contribution in [0.15, 0.2) is 0 Å². The molecule has 0 saturated carbocycles. The van der Waals surface area contributed by atoms with Gasteiger partial charge in [-0.1, -0.05) is 6.92 Å². The number of hydrogen-bond acceptors (Lipinski definition) is 3. The van der Waals surface area contributed by atoms with Crippen LogP contribution in [0.4, 0.5) is 0 Å². The number of aliphatic hydroxyl groups excluding tert-OH is 1. The number of rotatable bonds is 3. The van der Waals surface area contributed by atoms with E-state index >= 15 is 0 Å². The van der Waals surface area contributed by atoms with E-state index in [0.29, 0.717) is 0 Å². The molecule has 0 aromatic carbocycles. The predicted molar refractivity (Wildman–Crippen MR) is 43.6 cm³/mol. The van der Waals surface area contributed by atoms with Crippen LogP contribution in [0, 0.1) is 0 Å². The quantitative estimate of drug-likeness (QED) is 0.633. The van der Waals surface area contributed by atoms with Gasteiger partial charge in [-0.3, -0.25) is 4.90 Å². The normalized spacial score (nSPS) is 23.5. The number of β-amino-alcohol motifs (C(OH)–C–C–N with tert-alkyl or cyclic N) is 1. The molecule has 0 aromatic heterocycles. The predicted octanol–water partition coefficient (Wildman–Crippen LogP) is 0.0895. The summed E-state index contributed by atoms with van der Waals surface area (Å²) in [5, 5.41) is 9.33. The third-order valence-corrected chi connectivity index (χ3v) is 2.04. The van der Waals surface area contributed by atoms with Crippen LogP contribution in [0.3, 0.4) is 0 Å². The zero-order chi connectivity index (χ0) is 8.10. The van der Waals surface area contributed by atoms with E-state index < -0.39 is 0 Å². The summed E-state index contributed by atoms with van der Waals surface area (Å²) in [5.74, 6) is 0. The Labute approximate surface area is 68.0 Å². The SMILES string of the molecule is CCC(O)CN1CCOCC1. The molecule has 3 nitrogen and oxygen atoms in total. The average Bonchev–Trinajstić information content (AvgIpc) is 2.06. The topological polar surface area (TPSA) is 32.7 Å².